The van der Waals surface area contributed by atoms with Gasteiger partial charge in [-0.3, -0.25) is 48.6 Å². The van der Waals surface area contributed by atoms with E-state index in [1.165, 1.54) is 19.9 Å². The molecule has 1 aromatic carbocycles. The lowest BCUT2D eigenvalue weighted by molar-refractivity contribution is -0.136. The highest BCUT2D eigenvalue weighted by molar-refractivity contribution is 6.25. The Morgan fingerprint density at radius 2 is 1.47 bits per heavy atom. The van der Waals surface area contributed by atoms with Crippen molar-refractivity contribution in [2.24, 2.45) is 5.92 Å². The summed E-state index contributed by atoms with van der Waals surface area (Å²) in [4.78, 5) is 100. The van der Waals surface area contributed by atoms with Crippen molar-refractivity contribution < 1.29 is 57.3 Å². The summed E-state index contributed by atoms with van der Waals surface area (Å²) in [6.45, 7) is 8.83. The number of fused-ring (bicyclic) bond motifs is 1. The minimum absolute atomic E-state index is 0.00163. The molecule has 318 valence electrons. The molecule has 1 fully saturated rings. The van der Waals surface area contributed by atoms with Crippen molar-refractivity contribution in [1.82, 2.24) is 31.5 Å². The summed E-state index contributed by atoms with van der Waals surface area (Å²) in [6, 6.07) is 3.17. The molecule has 20 nitrogen and oxygen atoms in total. The molecule has 0 spiro atoms. The van der Waals surface area contributed by atoms with E-state index in [9.17, 15) is 38.4 Å². The fraction of sp³-hybridized carbons (Fsp3) is 0.605. The zero-order chi connectivity index (χ0) is 42.6. The van der Waals surface area contributed by atoms with Crippen LogP contribution in [0.25, 0.3) is 0 Å². The zero-order valence-electron chi connectivity index (χ0n) is 33.3. The molecule has 8 amide bonds. The maximum atomic E-state index is 13.2. The van der Waals surface area contributed by atoms with Gasteiger partial charge in [-0.05, 0) is 44.7 Å². The summed E-state index contributed by atoms with van der Waals surface area (Å²) >= 11 is 0. The van der Waals surface area contributed by atoms with Crippen molar-refractivity contribution >= 4 is 52.9 Å². The molecule has 4 unspecified atom stereocenters. The molecule has 0 saturated carbocycles. The van der Waals surface area contributed by atoms with E-state index in [0.717, 1.165) is 4.90 Å². The van der Waals surface area contributed by atoms with Crippen LogP contribution in [0.4, 0.5) is 5.69 Å². The number of anilines is 1. The van der Waals surface area contributed by atoms with E-state index in [0.29, 0.717) is 45.1 Å². The lowest BCUT2D eigenvalue weighted by atomic mass is 10.0. The highest BCUT2D eigenvalue weighted by atomic mass is 16.6. The standard InChI is InChI=1S/C38H54N8O12/c1-23(2)20-28(35(51)42-24(3)21-39)44-32(49)22-41-34(50)25(4)43-31(48)10-12-55-14-16-57-18-19-58-17-15-56-13-11-40-27-7-5-6-26-33(27)38(54)46(37(26)53)29-8-9-30(47)45-36(29)52/h5-7,23-25,28-29,40H,8-20,22H2,1-4H3,(H,41,50)(H,42,51)(H,43,48)(H,44,49)(H,45,47,52). The number of hydrogen-bond acceptors (Lipinski definition) is 14. The van der Waals surface area contributed by atoms with E-state index in [2.05, 4.69) is 31.9 Å². The Labute approximate surface area is 336 Å². The number of carbonyl (C=O) groups is 8. The first-order chi connectivity index (χ1) is 27.7. The first kappa shape index (κ1) is 46.9. The number of piperidine rings is 1. The topological polar surface area (TPSA) is 273 Å². The summed E-state index contributed by atoms with van der Waals surface area (Å²) < 4.78 is 21.9. The van der Waals surface area contributed by atoms with Gasteiger partial charge >= 0.3 is 0 Å². The Hall–Kier alpha value is -5.49. The minimum Gasteiger partial charge on any atom is -0.382 e. The number of hydrogen-bond donors (Lipinski definition) is 6. The fourth-order valence-electron chi connectivity index (χ4n) is 5.84. The first-order valence-electron chi connectivity index (χ1n) is 19.2. The molecule has 2 aliphatic heterocycles. The number of nitrogens with zero attached hydrogens (tertiary/aromatic N) is 2. The number of ether oxygens (including phenoxy) is 4. The highest BCUT2D eigenvalue weighted by Gasteiger charge is 2.45. The summed E-state index contributed by atoms with van der Waals surface area (Å²) in [5, 5.41) is 24.3. The second kappa shape index (κ2) is 24.3. The van der Waals surface area contributed by atoms with E-state index in [4.69, 9.17) is 24.2 Å². The lowest BCUT2D eigenvalue weighted by Crippen LogP contribution is -2.54. The maximum absolute atomic E-state index is 13.2. The van der Waals surface area contributed by atoms with Crippen molar-refractivity contribution in [2.45, 2.75) is 77.5 Å². The van der Waals surface area contributed by atoms with Crippen LogP contribution in [0.15, 0.2) is 18.2 Å². The molecular formula is C38H54N8O12. The van der Waals surface area contributed by atoms with Crippen LogP contribution in [0.3, 0.4) is 0 Å². The van der Waals surface area contributed by atoms with Gasteiger partial charge in [0.15, 0.2) is 0 Å². The molecule has 2 heterocycles. The van der Waals surface area contributed by atoms with E-state index < -0.39 is 78.0 Å². The van der Waals surface area contributed by atoms with Crippen molar-refractivity contribution in [3.05, 3.63) is 29.3 Å². The number of amides is 8. The van der Waals surface area contributed by atoms with Gasteiger partial charge in [-0.25, -0.2) is 0 Å². The predicted molar refractivity (Wildman–Crippen MR) is 205 cm³/mol. The van der Waals surface area contributed by atoms with Gasteiger partial charge in [-0.15, -0.1) is 0 Å². The third-order valence-electron chi connectivity index (χ3n) is 8.72. The van der Waals surface area contributed by atoms with Crippen LogP contribution in [-0.2, 0) is 47.7 Å². The number of nitrogens with one attached hydrogen (secondary N) is 6. The lowest BCUT2D eigenvalue weighted by Gasteiger charge is -2.27. The quantitative estimate of drug-likeness (QED) is 0.0491. The normalized spacial score (nSPS) is 16.5. The van der Waals surface area contributed by atoms with E-state index in [-0.39, 0.29) is 62.7 Å². The first-order valence-corrected chi connectivity index (χ1v) is 19.2. The summed E-state index contributed by atoms with van der Waals surface area (Å²) in [7, 11) is 0. The average molecular weight is 815 g/mol. The monoisotopic (exact) mass is 814 g/mol. The molecule has 6 N–H and O–H groups in total. The summed E-state index contributed by atoms with van der Waals surface area (Å²) in [5.74, 6) is -4.28. The Bertz CT molecular complexity index is 1680. The molecule has 1 saturated heterocycles. The smallest absolute Gasteiger partial charge is 0.264 e. The van der Waals surface area contributed by atoms with Gasteiger partial charge in [0.2, 0.25) is 35.4 Å². The number of benzene rings is 1. The van der Waals surface area contributed by atoms with E-state index in [1.807, 2.05) is 19.9 Å². The van der Waals surface area contributed by atoms with Crippen LogP contribution >= 0.6 is 0 Å². The fourth-order valence-corrected chi connectivity index (χ4v) is 5.84. The Balaban J connectivity index is 1.17. The van der Waals surface area contributed by atoms with Gasteiger partial charge in [0.25, 0.3) is 11.8 Å². The summed E-state index contributed by atoms with van der Waals surface area (Å²) in [6.07, 6.45) is 0.458. The Morgan fingerprint density at radius 3 is 2.09 bits per heavy atom. The van der Waals surface area contributed by atoms with Crippen LogP contribution in [0.5, 0.6) is 0 Å². The molecule has 2 aliphatic rings. The third-order valence-corrected chi connectivity index (χ3v) is 8.72. The van der Waals surface area contributed by atoms with Crippen LogP contribution in [0.1, 0.15) is 74.1 Å². The molecule has 0 aliphatic carbocycles. The molecule has 58 heavy (non-hydrogen) atoms. The van der Waals surface area contributed by atoms with E-state index in [1.54, 1.807) is 12.1 Å². The van der Waals surface area contributed by atoms with Crippen molar-refractivity contribution in [1.29, 1.82) is 5.26 Å². The van der Waals surface area contributed by atoms with Gasteiger partial charge in [0, 0.05) is 25.1 Å². The number of imide groups is 2. The molecular weight excluding hydrogens is 760 g/mol. The second-order valence-electron chi connectivity index (χ2n) is 13.9. The third kappa shape index (κ3) is 15.1. The minimum atomic E-state index is -1.04. The maximum Gasteiger partial charge on any atom is 0.264 e. The molecule has 4 atom stereocenters. The highest BCUT2D eigenvalue weighted by Crippen LogP contribution is 2.32. The largest absolute Gasteiger partial charge is 0.382 e. The van der Waals surface area contributed by atoms with Gasteiger partial charge in [-0.1, -0.05) is 19.9 Å². The number of rotatable bonds is 26. The van der Waals surface area contributed by atoms with Crippen LogP contribution in [0, 0.1) is 17.2 Å². The van der Waals surface area contributed by atoms with Crippen LogP contribution in [-0.4, -0.2) is 142 Å². The SMILES string of the molecule is CC(C)CC(NC(=O)CNC(=O)C(C)NC(=O)CCOCCOCCOCCOCCNc1cccc2c1C(=O)N(C1CCC(=O)NC1=O)C2=O)C(=O)NC(C)C#N. The molecule has 3 rings (SSSR count). The average Bonchev–Trinajstić information content (AvgIpc) is 3.43. The zero-order valence-corrected chi connectivity index (χ0v) is 33.3. The van der Waals surface area contributed by atoms with Gasteiger partial charge in [-0.2, -0.15) is 5.26 Å². The number of nitriles is 1. The van der Waals surface area contributed by atoms with Crippen molar-refractivity contribution in [2.75, 3.05) is 71.3 Å². The summed E-state index contributed by atoms with van der Waals surface area (Å²) in [5.41, 5.74) is 0.804. The molecule has 1 aromatic rings. The van der Waals surface area contributed by atoms with Gasteiger partial charge in [0.05, 0.1) is 76.6 Å². The number of carbonyl (C=O) groups excluding carboxylic acids is 8. The molecule has 0 bridgehead atoms. The van der Waals surface area contributed by atoms with Crippen molar-refractivity contribution in [3.8, 4) is 6.07 Å². The van der Waals surface area contributed by atoms with Gasteiger partial charge in [0.1, 0.15) is 24.2 Å². The Kier molecular flexibility index (Phi) is 19.7. The van der Waals surface area contributed by atoms with Crippen LogP contribution < -0.4 is 31.9 Å². The van der Waals surface area contributed by atoms with Crippen LogP contribution in [0.2, 0.25) is 0 Å². The Morgan fingerprint density at radius 1 is 0.828 bits per heavy atom. The second-order valence-corrected chi connectivity index (χ2v) is 13.9. The van der Waals surface area contributed by atoms with E-state index >= 15 is 0 Å². The molecule has 20 heteroatoms. The molecule has 0 radical (unpaired) electrons. The van der Waals surface area contributed by atoms with Gasteiger partial charge < -0.3 is 45.5 Å². The molecule has 0 aromatic heterocycles. The van der Waals surface area contributed by atoms with Crippen molar-refractivity contribution in [3.63, 3.8) is 0 Å². The predicted octanol–water partition coefficient (Wildman–Crippen LogP) is -0.864.